The Bertz CT molecular complexity index is 767. The van der Waals surface area contributed by atoms with Gasteiger partial charge in [-0.3, -0.25) is 4.79 Å². The van der Waals surface area contributed by atoms with Gasteiger partial charge in [-0.1, -0.05) is 35.0 Å². The fourth-order valence-corrected chi connectivity index (χ4v) is 2.16. The Morgan fingerprint density at radius 1 is 1.09 bits per heavy atom. The van der Waals surface area contributed by atoms with Gasteiger partial charge in [0.25, 0.3) is 0 Å². The van der Waals surface area contributed by atoms with Crippen molar-refractivity contribution in [2.45, 2.75) is 6.42 Å². The largest absolute Gasteiger partial charge is 0.356 e. The van der Waals surface area contributed by atoms with Crippen LogP contribution in [0.25, 0.3) is 11.3 Å². The minimum Gasteiger partial charge on any atom is -0.356 e. The third kappa shape index (κ3) is 3.54. The van der Waals surface area contributed by atoms with E-state index in [4.69, 9.17) is 16.1 Å². The number of para-hydroxylation sites is 1. The van der Waals surface area contributed by atoms with Crippen molar-refractivity contribution in [3.05, 3.63) is 71.4 Å². The van der Waals surface area contributed by atoms with Gasteiger partial charge in [0.15, 0.2) is 5.76 Å². The van der Waals surface area contributed by atoms with Gasteiger partial charge in [-0.25, -0.2) is 0 Å². The van der Waals surface area contributed by atoms with Crippen LogP contribution in [0.2, 0.25) is 5.02 Å². The minimum atomic E-state index is -0.137. The van der Waals surface area contributed by atoms with Gasteiger partial charge in [0.2, 0.25) is 5.91 Å². The molecule has 0 spiro atoms. The fraction of sp³-hybridized carbons (Fsp3) is 0.0588. The van der Waals surface area contributed by atoms with Crippen LogP contribution in [0.1, 0.15) is 5.69 Å². The maximum atomic E-state index is 12.0. The molecule has 0 saturated carbocycles. The zero-order chi connectivity index (χ0) is 15.4. The molecule has 0 unspecified atom stereocenters. The first-order valence-electron chi connectivity index (χ1n) is 6.77. The van der Waals surface area contributed by atoms with Gasteiger partial charge in [0.05, 0.1) is 12.1 Å². The molecule has 3 aromatic rings. The van der Waals surface area contributed by atoms with Gasteiger partial charge < -0.3 is 9.84 Å². The lowest BCUT2D eigenvalue weighted by Gasteiger charge is -2.02. The molecule has 0 fully saturated rings. The Hall–Kier alpha value is -2.59. The van der Waals surface area contributed by atoms with Gasteiger partial charge in [0, 0.05) is 22.3 Å². The Balaban J connectivity index is 1.66. The highest BCUT2D eigenvalue weighted by Crippen LogP contribution is 2.22. The Labute approximate surface area is 132 Å². The summed E-state index contributed by atoms with van der Waals surface area (Å²) in [5, 5.41) is 7.39. The molecule has 0 saturated heterocycles. The lowest BCUT2D eigenvalue weighted by molar-refractivity contribution is -0.115. The summed E-state index contributed by atoms with van der Waals surface area (Å²) in [6.07, 6.45) is 0.159. The molecule has 1 heterocycles. The van der Waals surface area contributed by atoms with E-state index < -0.39 is 0 Å². The molecular formula is C17H13ClN2O2. The molecule has 0 aliphatic rings. The highest BCUT2D eigenvalue weighted by molar-refractivity contribution is 6.30. The smallest absolute Gasteiger partial charge is 0.230 e. The molecule has 0 aliphatic heterocycles. The Kier molecular flexibility index (Phi) is 4.21. The van der Waals surface area contributed by atoms with Gasteiger partial charge in [-0.2, -0.15) is 0 Å². The van der Waals surface area contributed by atoms with Crippen LogP contribution in [0.4, 0.5) is 5.69 Å². The molecule has 0 radical (unpaired) electrons. The van der Waals surface area contributed by atoms with Crippen LogP contribution in [0.5, 0.6) is 0 Å². The van der Waals surface area contributed by atoms with E-state index in [1.807, 2.05) is 42.5 Å². The van der Waals surface area contributed by atoms with Crippen LogP contribution in [0.3, 0.4) is 0 Å². The molecule has 0 aliphatic carbocycles. The number of halogens is 1. The number of hydrogen-bond donors (Lipinski definition) is 1. The Morgan fingerprint density at radius 3 is 2.55 bits per heavy atom. The van der Waals surface area contributed by atoms with Gasteiger partial charge in [0.1, 0.15) is 0 Å². The van der Waals surface area contributed by atoms with E-state index in [2.05, 4.69) is 10.5 Å². The van der Waals surface area contributed by atoms with Crippen LogP contribution in [0.15, 0.2) is 65.2 Å². The van der Waals surface area contributed by atoms with Crippen molar-refractivity contribution in [2.24, 2.45) is 0 Å². The average Bonchev–Trinajstić information content (AvgIpc) is 2.97. The van der Waals surface area contributed by atoms with Crippen LogP contribution in [0, 0.1) is 0 Å². The number of nitrogens with zero attached hydrogens (tertiary/aromatic N) is 1. The van der Waals surface area contributed by atoms with E-state index in [-0.39, 0.29) is 12.3 Å². The van der Waals surface area contributed by atoms with Crippen molar-refractivity contribution in [3.8, 4) is 11.3 Å². The molecule has 1 N–H and O–H groups in total. The van der Waals surface area contributed by atoms with E-state index in [0.717, 1.165) is 11.3 Å². The summed E-state index contributed by atoms with van der Waals surface area (Å²) >= 11 is 5.85. The summed E-state index contributed by atoms with van der Waals surface area (Å²) in [6, 6.07) is 18.3. The summed E-state index contributed by atoms with van der Waals surface area (Å²) in [4.78, 5) is 12.0. The van der Waals surface area contributed by atoms with Crippen molar-refractivity contribution in [2.75, 3.05) is 5.32 Å². The summed E-state index contributed by atoms with van der Waals surface area (Å²) in [5.74, 6) is 0.473. The first-order valence-corrected chi connectivity index (χ1v) is 7.15. The van der Waals surface area contributed by atoms with Crippen molar-refractivity contribution >= 4 is 23.2 Å². The van der Waals surface area contributed by atoms with Crippen LogP contribution in [-0.2, 0) is 11.2 Å². The topological polar surface area (TPSA) is 55.1 Å². The molecule has 110 valence electrons. The molecule has 0 bridgehead atoms. The minimum absolute atomic E-state index is 0.137. The number of nitrogens with one attached hydrogen (secondary N) is 1. The first-order chi connectivity index (χ1) is 10.7. The van der Waals surface area contributed by atoms with Crippen LogP contribution < -0.4 is 5.32 Å². The maximum Gasteiger partial charge on any atom is 0.230 e. The number of rotatable bonds is 4. The predicted molar refractivity (Wildman–Crippen MR) is 85.7 cm³/mol. The number of hydrogen-bond acceptors (Lipinski definition) is 3. The van der Waals surface area contributed by atoms with Gasteiger partial charge in [-0.05, 0) is 36.4 Å². The monoisotopic (exact) mass is 312 g/mol. The number of aromatic nitrogens is 1. The summed E-state index contributed by atoms with van der Waals surface area (Å²) in [6.45, 7) is 0. The molecule has 22 heavy (non-hydrogen) atoms. The summed E-state index contributed by atoms with van der Waals surface area (Å²) in [5.41, 5.74) is 2.21. The van der Waals surface area contributed by atoms with E-state index in [0.29, 0.717) is 16.5 Å². The summed E-state index contributed by atoms with van der Waals surface area (Å²) in [7, 11) is 0. The van der Waals surface area contributed by atoms with Crippen molar-refractivity contribution in [3.63, 3.8) is 0 Å². The predicted octanol–water partition coefficient (Wildman–Crippen LogP) is 4.18. The van der Waals surface area contributed by atoms with E-state index in [1.165, 1.54) is 0 Å². The number of amides is 1. The summed E-state index contributed by atoms with van der Waals surface area (Å²) < 4.78 is 5.27. The zero-order valence-corrected chi connectivity index (χ0v) is 12.4. The lowest BCUT2D eigenvalue weighted by Crippen LogP contribution is -2.14. The van der Waals surface area contributed by atoms with Crippen molar-refractivity contribution in [1.29, 1.82) is 0 Å². The standard InChI is InChI=1S/C17H13ClN2O2/c18-13-8-6-12(7-9-13)16-10-15(20-22-16)11-17(21)19-14-4-2-1-3-5-14/h1-10H,11H2,(H,19,21). The molecule has 4 nitrogen and oxygen atoms in total. The van der Waals surface area contributed by atoms with E-state index in [9.17, 15) is 4.79 Å². The second-order valence-corrected chi connectivity index (χ2v) is 5.22. The number of benzene rings is 2. The molecule has 1 aromatic heterocycles. The molecule has 3 rings (SSSR count). The third-order valence-corrected chi connectivity index (χ3v) is 3.34. The average molecular weight is 313 g/mol. The highest BCUT2D eigenvalue weighted by atomic mass is 35.5. The van der Waals surface area contributed by atoms with Crippen LogP contribution >= 0.6 is 11.6 Å². The molecule has 0 atom stereocenters. The normalized spacial score (nSPS) is 10.4. The number of carbonyl (C=O) groups excluding carboxylic acids is 1. The lowest BCUT2D eigenvalue weighted by atomic mass is 10.1. The third-order valence-electron chi connectivity index (χ3n) is 3.09. The number of anilines is 1. The molecular weight excluding hydrogens is 300 g/mol. The first kappa shape index (κ1) is 14.4. The fourth-order valence-electron chi connectivity index (χ4n) is 2.04. The zero-order valence-electron chi connectivity index (χ0n) is 11.6. The maximum absolute atomic E-state index is 12.0. The van der Waals surface area contributed by atoms with Gasteiger partial charge in [-0.15, -0.1) is 0 Å². The molecule has 1 amide bonds. The number of carbonyl (C=O) groups is 1. The second-order valence-electron chi connectivity index (χ2n) is 4.78. The van der Waals surface area contributed by atoms with Crippen molar-refractivity contribution in [1.82, 2.24) is 5.16 Å². The van der Waals surface area contributed by atoms with Crippen LogP contribution in [-0.4, -0.2) is 11.1 Å². The van der Waals surface area contributed by atoms with Gasteiger partial charge >= 0.3 is 0 Å². The SMILES string of the molecule is O=C(Cc1cc(-c2ccc(Cl)cc2)on1)Nc1ccccc1. The van der Waals surface area contributed by atoms with E-state index >= 15 is 0 Å². The molecule has 5 heteroatoms. The molecule has 2 aromatic carbocycles. The van der Waals surface area contributed by atoms with E-state index in [1.54, 1.807) is 18.2 Å². The quantitative estimate of drug-likeness (QED) is 0.786. The second kappa shape index (κ2) is 6.45. The highest BCUT2D eigenvalue weighted by Gasteiger charge is 2.11. The van der Waals surface area contributed by atoms with Crippen molar-refractivity contribution < 1.29 is 9.32 Å². The Morgan fingerprint density at radius 2 is 1.82 bits per heavy atom.